The molecule has 9 heteroatoms. The minimum absolute atomic E-state index is 0.0227. The second-order valence-corrected chi connectivity index (χ2v) is 10.4. The number of benzene rings is 2. The van der Waals surface area contributed by atoms with E-state index in [4.69, 9.17) is 11.6 Å². The van der Waals surface area contributed by atoms with Gasteiger partial charge in [0.25, 0.3) is 0 Å². The van der Waals surface area contributed by atoms with Crippen molar-refractivity contribution in [1.29, 1.82) is 0 Å². The van der Waals surface area contributed by atoms with E-state index in [1.165, 1.54) is 10.1 Å². The lowest BCUT2D eigenvalue weighted by Crippen LogP contribution is -2.30. The zero-order chi connectivity index (χ0) is 24.5. The molecule has 1 unspecified atom stereocenters. The molecule has 2 aromatic carbocycles. The summed E-state index contributed by atoms with van der Waals surface area (Å²) in [6.07, 6.45) is 2.20. The lowest BCUT2D eigenvalue weighted by Gasteiger charge is -2.23. The molecule has 2 N–H and O–H groups in total. The van der Waals surface area contributed by atoms with Crippen LogP contribution in [0.4, 0.5) is 14.5 Å². The van der Waals surface area contributed by atoms with Gasteiger partial charge in [-0.05, 0) is 24.5 Å². The van der Waals surface area contributed by atoms with Gasteiger partial charge < -0.3 is 15.0 Å². The molecule has 0 bridgehead atoms. The summed E-state index contributed by atoms with van der Waals surface area (Å²) in [5, 5.41) is 12.6. The molecule has 0 amide bonds. The maximum absolute atomic E-state index is 15.4. The van der Waals surface area contributed by atoms with Gasteiger partial charge in [-0.2, -0.15) is 0 Å². The molecular formula is C26H24ClF2N3O3. The SMILES string of the molecule is O=C(O)c1cn([C@@H]2C[C@@H]2F)c2c(Cl)c(NC3CN(Cc4ccccc4)CC34CC4)c(F)cc2c1=O. The first-order valence-electron chi connectivity index (χ1n) is 11.7. The Morgan fingerprint density at radius 2 is 1.97 bits per heavy atom. The van der Waals surface area contributed by atoms with Crippen molar-refractivity contribution in [2.24, 2.45) is 5.41 Å². The van der Waals surface area contributed by atoms with Crippen LogP contribution in [0.25, 0.3) is 10.9 Å². The van der Waals surface area contributed by atoms with Gasteiger partial charge in [-0.1, -0.05) is 41.9 Å². The predicted molar refractivity (Wildman–Crippen MR) is 129 cm³/mol. The maximum Gasteiger partial charge on any atom is 0.341 e. The second kappa shape index (κ2) is 8.03. The van der Waals surface area contributed by atoms with Gasteiger partial charge in [0.2, 0.25) is 5.43 Å². The van der Waals surface area contributed by atoms with E-state index in [1.807, 2.05) is 18.2 Å². The third kappa shape index (κ3) is 3.79. The number of hydrogen-bond acceptors (Lipinski definition) is 4. The number of anilines is 1. The smallest absolute Gasteiger partial charge is 0.341 e. The van der Waals surface area contributed by atoms with Crippen molar-refractivity contribution in [3.05, 3.63) is 74.8 Å². The van der Waals surface area contributed by atoms with Crippen molar-refractivity contribution in [2.45, 2.75) is 44.1 Å². The summed E-state index contributed by atoms with van der Waals surface area (Å²) in [6, 6.07) is 10.5. The number of nitrogens with zero attached hydrogens (tertiary/aromatic N) is 2. The molecule has 2 heterocycles. The number of nitrogens with one attached hydrogen (secondary N) is 1. The van der Waals surface area contributed by atoms with E-state index >= 15 is 4.39 Å². The molecule has 2 aliphatic carbocycles. The number of aromatic carboxylic acids is 1. The summed E-state index contributed by atoms with van der Waals surface area (Å²) in [6.45, 7) is 2.40. The van der Waals surface area contributed by atoms with Gasteiger partial charge in [0.05, 0.1) is 27.7 Å². The van der Waals surface area contributed by atoms with Crippen molar-refractivity contribution < 1.29 is 18.7 Å². The molecule has 6 rings (SSSR count). The standard InChI is InChI=1S/C26H24ClF2N3O3/c27-21-22(30-20-12-31(13-26(20)6-7-26)10-14-4-2-1-3-5-14)18(29)8-15-23(21)32(19-9-17(19)28)11-16(24(15)33)25(34)35/h1-5,8,11,17,19-20,30H,6-7,9-10,12-13H2,(H,34,35)/t17-,19+,20?/m0/s1. The molecule has 182 valence electrons. The molecule has 35 heavy (non-hydrogen) atoms. The first kappa shape index (κ1) is 22.5. The molecule has 3 fully saturated rings. The molecule has 1 saturated heterocycles. The van der Waals surface area contributed by atoms with Crippen LogP contribution in [0.1, 0.15) is 41.2 Å². The average Bonchev–Trinajstić information content (AvgIpc) is 3.72. The first-order valence-corrected chi connectivity index (χ1v) is 12.1. The molecule has 6 nitrogen and oxygen atoms in total. The monoisotopic (exact) mass is 499 g/mol. The highest BCUT2D eigenvalue weighted by Gasteiger charge is 2.55. The third-order valence-electron chi connectivity index (χ3n) is 7.66. The summed E-state index contributed by atoms with van der Waals surface area (Å²) in [7, 11) is 0. The van der Waals surface area contributed by atoms with Gasteiger partial charge >= 0.3 is 5.97 Å². The molecule has 0 radical (unpaired) electrons. The summed E-state index contributed by atoms with van der Waals surface area (Å²) in [4.78, 5) is 26.7. The molecule has 3 atom stereocenters. The minimum atomic E-state index is -1.44. The van der Waals surface area contributed by atoms with Crippen molar-refractivity contribution in [1.82, 2.24) is 9.47 Å². The van der Waals surface area contributed by atoms with E-state index in [0.717, 1.165) is 38.2 Å². The summed E-state index contributed by atoms with van der Waals surface area (Å²) in [5.74, 6) is -2.17. The Morgan fingerprint density at radius 3 is 2.60 bits per heavy atom. The zero-order valence-corrected chi connectivity index (χ0v) is 19.6. The number of carboxylic acids is 1. The van der Waals surface area contributed by atoms with Crippen molar-refractivity contribution in [3.8, 4) is 0 Å². The Labute approximate surface area is 205 Å². The van der Waals surface area contributed by atoms with Gasteiger partial charge in [-0.25, -0.2) is 13.6 Å². The Bertz CT molecular complexity index is 1410. The lowest BCUT2D eigenvalue weighted by atomic mass is 10.00. The number of fused-ring (bicyclic) bond motifs is 1. The second-order valence-electron chi connectivity index (χ2n) is 10.1. The number of halogens is 3. The number of carbonyl (C=O) groups is 1. The summed E-state index contributed by atoms with van der Waals surface area (Å²) < 4.78 is 30.8. The fourth-order valence-electron chi connectivity index (χ4n) is 5.50. The highest BCUT2D eigenvalue weighted by molar-refractivity contribution is 6.38. The molecule has 3 aromatic rings. The zero-order valence-electron chi connectivity index (χ0n) is 18.8. The predicted octanol–water partition coefficient (Wildman–Crippen LogP) is 4.85. The Kier molecular flexibility index (Phi) is 5.16. The van der Waals surface area contributed by atoms with E-state index < -0.39 is 35.0 Å². The largest absolute Gasteiger partial charge is 0.477 e. The van der Waals surface area contributed by atoms with Gasteiger partial charge in [-0.15, -0.1) is 0 Å². The van der Waals surface area contributed by atoms with Crippen molar-refractivity contribution in [3.63, 3.8) is 0 Å². The fraction of sp³-hybridized carbons (Fsp3) is 0.385. The van der Waals surface area contributed by atoms with Crippen LogP contribution in [-0.4, -0.2) is 45.8 Å². The van der Waals surface area contributed by atoms with Gasteiger partial charge in [0.1, 0.15) is 17.6 Å². The summed E-state index contributed by atoms with van der Waals surface area (Å²) in [5.41, 5.74) is 0.122. The van der Waals surface area contributed by atoms with Crippen LogP contribution in [0.2, 0.25) is 5.02 Å². The number of aromatic nitrogens is 1. The van der Waals surface area contributed by atoms with E-state index in [0.29, 0.717) is 6.54 Å². The number of alkyl halides is 1. The van der Waals surface area contributed by atoms with E-state index in [9.17, 15) is 19.1 Å². The molecule has 3 aliphatic rings. The molecule has 1 aromatic heterocycles. The van der Waals surface area contributed by atoms with Crippen LogP contribution in [0, 0.1) is 11.2 Å². The first-order chi connectivity index (χ1) is 16.8. The normalized spacial score (nSPS) is 24.7. The number of pyridine rings is 1. The van der Waals surface area contributed by atoms with E-state index in [-0.39, 0.29) is 39.5 Å². The van der Waals surface area contributed by atoms with Crippen LogP contribution >= 0.6 is 11.6 Å². The lowest BCUT2D eigenvalue weighted by molar-refractivity contribution is 0.0694. The molecule has 1 aliphatic heterocycles. The van der Waals surface area contributed by atoms with Crippen LogP contribution < -0.4 is 10.7 Å². The number of carboxylic acid groups (broad SMARTS) is 1. The van der Waals surface area contributed by atoms with Gasteiger partial charge in [-0.3, -0.25) is 9.69 Å². The van der Waals surface area contributed by atoms with Gasteiger partial charge in [0, 0.05) is 43.7 Å². The van der Waals surface area contributed by atoms with Crippen LogP contribution in [-0.2, 0) is 6.54 Å². The number of hydrogen-bond donors (Lipinski definition) is 2. The van der Waals surface area contributed by atoms with E-state index in [2.05, 4.69) is 22.3 Å². The minimum Gasteiger partial charge on any atom is -0.477 e. The Hall–Kier alpha value is -2.97. The topological polar surface area (TPSA) is 74.6 Å². The summed E-state index contributed by atoms with van der Waals surface area (Å²) >= 11 is 6.69. The van der Waals surface area contributed by atoms with Crippen molar-refractivity contribution >= 4 is 34.2 Å². The van der Waals surface area contributed by atoms with Crippen LogP contribution in [0.15, 0.2) is 47.4 Å². The maximum atomic E-state index is 15.4. The third-order valence-corrected chi connectivity index (χ3v) is 8.02. The number of rotatable bonds is 6. The quantitative estimate of drug-likeness (QED) is 0.507. The van der Waals surface area contributed by atoms with Crippen LogP contribution in [0.5, 0.6) is 0 Å². The van der Waals surface area contributed by atoms with Crippen molar-refractivity contribution in [2.75, 3.05) is 18.4 Å². The Morgan fingerprint density at radius 1 is 1.26 bits per heavy atom. The Balaban J connectivity index is 1.37. The van der Waals surface area contributed by atoms with E-state index in [1.54, 1.807) is 0 Å². The highest BCUT2D eigenvalue weighted by atomic mass is 35.5. The fourth-order valence-corrected chi connectivity index (χ4v) is 5.85. The number of likely N-dealkylation sites (tertiary alicyclic amines) is 1. The van der Waals surface area contributed by atoms with Crippen LogP contribution in [0.3, 0.4) is 0 Å². The molecule has 1 spiro atoms. The average molecular weight is 500 g/mol. The molecular weight excluding hydrogens is 476 g/mol. The van der Waals surface area contributed by atoms with Gasteiger partial charge in [0.15, 0.2) is 0 Å². The highest BCUT2D eigenvalue weighted by Crippen LogP contribution is 2.54. The molecule has 2 saturated carbocycles.